The SMILES string of the molecule is CSCCC(NC(=O)C(CCC(N)=O)NC(=O)C(Cc1ccc(O)cc1)NC(=O)C(N)Cc1ccccc1)C(=O)O. The fraction of sp³-hybridized carbons (Fsp3) is 0.393. The van der Waals surface area contributed by atoms with Gasteiger partial charge in [-0.3, -0.25) is 19.2 Å². The van der Waals surface area contributed by atoms with E-state index in [2.05, 4.69) is 16.0 Å². The Morgan fingerprint density at radius 2 is 1.34 bits per heavy atom. The van der Waals surface area contributed by atoms with E-state index < -0.39 is 53.8 Å². The lowest BCUT2D eigenvalue weighted by atomic mass is 10.0. The molecule has 0 aromatic heterocycles. The summed E-state index contributed by atoms with van der Waals surface area (Å²) >= 11 is 1.41. The van der Waals surface area contributed by atoms with Crippen molar-refractivity contribution in [3.63, 3.8) is 0 Å². The van der Waals surface area contributed by atoms with Crippen molar-refractivity contribution >= 4 is 41.4 Å². The summed E-state index contributed by atoms with van der Waals surface area (Å²) in [6.07, 6.45) is 1.72. The summed E-state index contributed by atoms with van der Waals surface area (Å²) in [5.41, 5.74) is 12.8. The fourth-order valence-corrected chi connectivity index (χ4v) is 4.38. The van der Waals surface area contributed by atoms with Crippen LogP contribution in [0.2, 0.25) is 0 Å². The van der Waals surface area contributed by atoms with Crippen LogP contribution in [0.5, 0.6) is 5.75 Å². The van der Waals surface area contributed by atoms with Crippen LogP contribution in [0.25, 0.3) is 0 Å². The van der Waals surface area contributed by atoms with Gasteiger partial charge in [-0.2, -0.15) is 11.8 Å². The number of phenolic OH excluding ortho intramolecular Hbond substituents is 1. The van der Waals surface area contributed by atoms with E-state index in [1.165, 1.54) is 23.9 Å². The fourth-order valence-electron chi connectivity index (χ4n) is 3.91. The number of aromatic hydroxyl groups is 1. The Labute approximate surface area is 242 Å². The number of rotatable bonds is 17. The molecule has 4 unspecified atom stereocenters. The Kier molecular flexibility index (Phi) is 13.6. The number of carboxylic acids is 1. The van der Waals surface area contributed by atoms with Crippen molar-refractivity contribution in [3.8, 4) is 5.75 Å². The van der Waals surface area contributed by atoms with E-state index >= 15 is 0 Å². The minimum Gasteiger partial charge on any atom is -0.508 e. The zero-order chi connectivity index (χ0) is 30.4. The van der Waals surface area contributed by atoms with E-state index in [0.717, 1.165) is 5.56 Å². The van der Waals surface area contributed by atoms with Gasteiger partial charge in [-0.15, -0.1) is 0 Å². The largest absolute Gasteiger partial charge is 0.508 e. The molecule has 2 aromatic carbocycles. The van der Waals surface area contributed by atoms with Crippen LogP contribution in [0.3, 0.4) is 0 Å². The smallest absolute Gasteiger partial charge is 0.326 e. The number of carboxylic acid groups (broad SMARTS) is 1. The molecular formula is C28H37N5O7S. The predicted octanol–water partition coefficient (Wildman–Crippen LogP) is 0.0623. The molecule has 0 aliphatic heterocycles. The van der Waals surface area contributed by atoms with E-state index in [1.54, 1.807) is 18.4 Å². The number of carbonyl (C=O) groups excluding carboxylic acids is 4. The monoisotopic (exact) mass is 587 g/mol. The standard InChI is InChI=1S/C28H37N5O7S/c1-41-14-13-22(28(39)40)32-26(37)21(11-12-24(30)35)31-27(38)23(16-18-7-9-19(34)10-8-18)33-25(36)20(29)15-17-5-3-2-4-6-17/h2-10,20-23,34H,11-16,29H2,1H3,(H2,30,35)(H,31,38)(H,32,37)(H,33,36)(H,39,40). The number of nitrogens with two attached hydrogens (primary N) is 2. The number of hydrogen-bond donors (Lipinski definition) is 7. The lowest BCUT2D eigenvalue weighted by molar-refractivity contribution is -0.142. The molecule has 2 aromatic rings. The van der Waals surface area contributed by atoms with Crippen LogP contribution in [-0.2, 0) is 36.8 Å². The summed E-state index contributed by atoms with van der Waals surface area (Å²) in [5, 5.41) is 26.7. The summed E-state index contributed by atoms with van der Waals surface area (Å²) in [7, 11) is 0. The number of thioether (sulfide) groups is 1. The predicted molar refractivity (Wildman–Crippen MR) is 155 cm³/mol. The molecule has 0 saturated heterocycles. The van der Waals surface area contributed by atoms with Crippen molar-refractivity contribution in [1.82, 2.24) is 16.0 Å². The molecule has 0 radical (unpaired) electrons. The average Bonchev–Trinajstić information content (AvgIpc) is 2.93. The number of nitrogens with one attached hydrogen (secondary N) is 3. The molecular weight excluding hydrogens is 550 g/mol. The second-order valence-corrected chi connectivity index (χ2v) is 10.5. The van der Waals surface area contributed by atoms with Gasteiger partial charge >= 0.3 is 5.97 Å². The topological polar surface area (TPSA) is 214 Å². The minimum absolute atomic E-state index is 0.00839. The third kappa shape index (κ3) is 11.9. The second-order valence-electron chi connectivity index (χ2n) is 9.48. The van der Waals surface area contributed by atoms with Crippen LogP contribution < -0.4 is 27.4 Å². The normalized spacial score (nSPS) is 13.7. The Bertz CT molecular complexity index is 1180. The molecule has 0 spiro atoms. The van der Waals surface area contributed by atoms with Crippen molar-refractivity contribution < 1.29 is 34.2 Å². The molecule has 0 aliphatic carbocycles. The molecule has 222 valence electrons. The first-order chi connectivity index (χ1) is 19.5. The zero-order valence-electron chi connectivity index (χ0n) is 22.7. The number of primary amides is 1. The van der Waals surface area contributed by atoms with Gasteiger partial charge in [-0.1, -0.05) is 42.5 Å². The Morgan fingerprint density at radius 3 is 1.93 bits per heavy atom. The van der Waals surface area contributed by atoms with Crippen LogP contribution in [0.15, 0.2) is 54.6 Å². The lowest BCUT2D eigenvalue weighted by Crippen LogP contribution is -2.58. The minimum atomic E-state index is -1.30. The summed E-state index contributed by atoms with van der Waals surface area (Å²) in [6, 6.07) is 10.4. The first-order valence-corrected chi connectivity index (χ1v) is 14.4. The van der Waals surface area contributed by atoms with E-state index in [9.17, 15) is 34.2 Å². The van der Waals surface area contributed by atoms with Crippen molar-refractivity contribution in [3.05, 3.63) is 65.7 Å². The Balaban J connectivity index is 2.24. The first kappa shape index (κ1) is 33.1. The van der Waals surface area contributed by atoms with E-state index in [1.807, 2.05) is 30.3 Å². The summed E-state index contributed by atoms with van der Waals surface area (Å²) < 4.78 is 0. The molecule has 41 heavy (non-hydrogen) atoms. The lowest BCUT2D eigenvalue weighted by Gasteiger charge is -2.25. The summed E-state index contributed by atoms with van der Waals surface area (Å²) in [6.45, 7) is 0. The maximum absolute atomic E-state index is 13.5. The van der Waals surface area contributed by atoms with Crippen molar-refractivity contribution in [2.45, 2.75) is 56.3 Å². The highest BCUT2D eigenvalue weighted by Crippen LogP contribution is 2.13. The molecule has 2 rings (SSSR count). The van der Waals surface area contributed by atoms with Crippen LogP contribution in [0.4, 0.5) is 0 Å². The number of aliphatic carboxylic acids is 1. The van der Waals surface area contributed by atoms with Crippen LogP contribution >= 0.6 is 11.8 Å². The molecule has 13 heteroatoms. The molecule has 0 bridgehead atoms. The van der Waals surface area contributed by atoms with Crippen LogP contribution in [0, 0.1) is 0 Å². The second kappa shape index (κ2) is 16.9. The third-order valence-electron chi connectivity index (χ3n) is 6.18. The Morgan fingerprint density at radius 1 is 0.780 bits per heavy atom. The van der Waals surface area contributed by atoms with Crippen molar-refractivity contribution in [2.24, 2.45) is 11.5 Å². The van der Waals surface area contributed by atoms with E-state index in [-0.39, 0.29) is 37.9 Å². The highest BCUT2D eigenvalue weighted by Gasteiger charge is 2.30. The summed E-state index contributed by atoms with van der Waals surface area (Å²) in [4.78, 5) is 62.6. The highest BCUT2D eigenvalue weighted by molar-refractivity contribution is 7.98. The highest BCUT2D eigenvalue weighted by atomic mass is 32.2. The Hall–Kier alpha value is -4.10. The number of hydrogen-bond acceptors (Lipinski definition) is 8. The molecule has 4 amide bonds. The number of phenols is 1. The number of benzene rings is 2. The van der Waals surface area contributed by atoms with Gasteiger partial charge in [0.25, 0.3) is 0 Å². The zero-order valence-corrected chi connectivity index (χ0v) is 23.6. The van der Waals surface area contributed by atoms with E-state index in [0.29, 0.717) is 11.3 Å². The van der Waals surface area contributed by atoms with Crippen LogP contribution in [-0.4, -0.2) is 76.0 Å². The maximum Gasteiger partial charge on any atom is 0.326 e. The van der Waals surface area contributed by atoms with Gasteiger partial charge in [0.1, 0.15) is 23.9 Å². The number of carbonyl (C=O) groups is 5. The molecule has 4 atom stereocenters. The van der Waals surface area contributed by atoms with Gasteiger partial charge in [-0.05, 0) is 54.5 Å². The molecule has 0 aliphatic rings. The third-order valence-corrected chi connectivity index (χ3v) is 6.83. The molecule has 0 fully saturated rings. The van der Waals surface area contributed by atoms with E-state index in [4.69, 9.17) is 11.5 Å². The molecule has 0 heterocycles. The molecule has 9 N–H and O–H groups in total. The average molecular weight is 588 g/mol. The molecule has 0 saturated carbocycles. The summed E-state index contributed by atoms with van der Waals surface area (Å²) in [5.74, 6) is -3.62. The van der Waals surface area contributed by atoms with Gasteiger partial charge in [0.2, 0.25) is 23.6 Å². The van der Waals surface area contributed by atoms with Gasteiger partial charge in [-0.25, -0.2) is 4.79 Å². The quantitative estimate of drug-likeness (QED) is 0.133. The maximum atomic E-state index is 13.5. The van der Waals surface area contributed by atoms with Crippen LogP contribution in [0.1, 0.15) is 30.4 Å². The molecule has 12 nitrogen and oxygen atoms in total. The van der Waals surface area contributed by atoms with Crippen molar-refractivity contribution in [2.75, 3.05) is 12.0 Å². The van der Waals surface area contributed by atoms with Gasteiger partial charge in [0.15, 0.2) is 0 Å². The van der Waals surface area contributed by atoms with Gasteiger partial charge < -0.3 is 37.6 Å². The van der Waals surface area contributed by atoms with Crippen molar-refractivity contribution in [1.29, 1.82) is 0 Å². The number of amides is 4. The first-order valence-electron chi connectivity index (χ1n) is 13.0. The van der Waals surface area contributed by atoms with Gasteiger partial charge in [0, 0.05) is 12.8 Å². The van der Waals surface area contributed by atoms with Gasteiger partial charge in [0.05, 0.1) is 6.04 Å².